The van der Waals surface area contributed by atoms with E-state index in [1.165, 1.54) is 0 Å². The molecule has 0 aromatic heterocycles. The van der Waals surface area contributed by atoms with Crippen molar-refractivity contribution in [1.29, 1.82) is 0 Å². The molecule has 0 aliphatic carbocycles. The summed E-state index contributed by atoms with van der Waals surface area (Å²) in [5, 5.41) is 3.31. The summed E-state index contributed by atoms with van der Waals surface area (Å²) in [7, 11) is 1.72. The number of nitrogens with two attached hydrogens (primary N) is 1. The molecule has 4 nitrogen and oxygen atoms in total. The second-order valence-electron chi connectivity index (χ2n) is 3.78. The normalized spacial score (nSPS) is 10.2. The zero-order valence-corrected chi connectivity index (χ0v) is 10.7. The minimum atomic E-state index is 0.626. The van der Waals surface area contributed by atoms with Crippen LogP contribution < -0.4 is 15.8 Å². The second-order valence-corrected chi connectivity index (χ2v) is 3.78. The Kier molecular flexibility index (Phi) is 6.25. The molecule has 0 saturated heterocycles. The van der Waals surface area contributed by atoms with Gasteiger partial charge in [0, 0.05) is 20.3 Å². The molecule has 17 heavy (non-hydrogen) atoms. The number of anilines is 2. The maximum Gasteiger partial charge on any atom is 0.144 e. The van der Waals surface area contributed by atoms with Gasteiger partial charge >= 0.3 is 0 Å². The summed E-state index contributed by atoms with van der Waals surface area (Å²) in [6, 6.07) is 5.79. The molecule has 0 heterocycles. The second kappa shape index (κ2) is 7.79. The van der Waals surface area contributed by atoms with Gasteiger partial charge in [0.1, 0.15) is 5.75 Å². The highest BCUT2D eigenvalue weighted by Crippen LogP contribution is 2.29. The predicted molar refractivity (Wildman–Crippen MR) is 71.6 cm³/mol. The molecule has 0 spiro atoms. The van der Waals surface area contributed by atoms with Crippen LogP contribution in [-0.2, 0) is 4.74 Å². The van der Waals surface area contributed by atoms with E-state index in [-0.39, 0.29) is 0 Å². The first-order chi connectivity index (χ1) is 8.29. The maximum atomic E-state index is 6.00. The first-order valence-corrected chi connectivity index (χ1v) is 6.03. The topological polar surface area (TPSA) is 56.5 Å². The Hall–Kier alpha value is -1.42. The largest absolute Gasteiger partial charge is 0.492 e. The van der Waals surface area contributed by atoms with Crippen molar-refractivity contribution in [3.8, 4) is 5.75 Å². The third kappa shape index (κ3) is 4.53. The predicted octanol–water partition coefficient (Wildman–Crippen LogP) is 2.51. The number of rotatable bonds is 8. The van der Waals surface area contributed by atoms with E-state index in [1.807, 2.05) is 25.1 Å². The monoisotopic (exact) mass is 238 g/mol. The standard InChI is InChI=1S/C13H22N2O2/c1-3-17-12-8-6-7-11(13(12)14)15-9-4-5-10-16-2/h6-8,15H,3-5,9-10,14H2,1-2H3. The lowest BCUT2D eigenvalue weighted by atomic mass is 10.2. The Morgan fingerprint density at radius 3 is 2.82 bits per heavy atom. The number of benzene rings is 1. The van der Waals surface area contributed by atoms with E-state index in [0.29, 0.717) is 12.3 Å². The summed E-state index contributed by atoms with van der Waals surface area (Å²) >= 11 is 0. The fraction of sp³-hybridized carbons (Fsp3) is 0.538. The van der Waals surface area contributed by atoms with Crippen LogP contribution >= 0.6 is 0 Å². The number of nitrogen functional groups attached to an aromatic ring is 1. The molecule has 0 aliphatic rings. The van der Waals surface area contributed by atoms with Crippen molar-refractivity contribution in [2.45, 2.75) is 19.8 Å². The van der Waals surface area contributed by atoms with Crippen molar-refractivity contribution in [3.63, 3.8) is 0 Å². The molecule has 96 valence electrons. The molecule has 0 atom stereocenters. The molecule has 0 saturated carbocycles. The van der Waals surface area contributed by atoms with Gasteiger partial charge in [0.05, 0.1) is 18.0 Å². The van der Waals surface area contributed by atoms with Crippen molar-refractivity contribution in [2.75, 3.05) is 37.9 Å². The number of nitrogens with one attached hydrogen (secondary N) is 1. The van der Waals surface area contributed by atoms with Gasteiger partial charge in [0.2, 0.25) is 0 Å². The van der Waals surface area contributed by atoms with Crippen LogP contribution in [0.25, 0.3) is 0 Å². The fourth-order valence-electron chi connectivity index (χ4n) is 1.57. The zero-order valence-electron chi connectivity index (χ0n) is 10.7. The summed E-state index contributed by atoms with van der Waals surface area (Å²) in [5.41, 5.74) is 7.62. The lowest BCUT2D eigenvalue weighted by molar-refractivity contribution is 0.194. The Morgan fingerprint density at radius 1 is 1.29 bits per heavy atom. The summed E-state index contributed by atoms with van der Waals surface area (Å²) < 4.78 is 10.4. The molecule has 0 unspecified atom stereocenters. The van der Waals surface area contributed by atoms with Gasteiger partial charge in [-0.2, -0.15) is 0 Å². The highest BCUT2D eigenvalue weighted by molar-refractivity contribution is 5.72. The quantitative estimate of drug-likeness (QED) is 0.539. The van der Waals surface area contributed by atoms with Gasteiger partial charge in [-0.15, -0.1) is 0 Å². The van der Waals surface area contributed by atoms with Gasteiger partial charge in [0.25, 0.3) is 0 Å². The molecule has 0 radical (unpaired) electrons. The van der Waals surface area contributed by atoms with E-state index in [9.17, 15) is 0 Å². The van der Waals surface area contributed by atoms with Crippen LogP contribution in [-0.4, -0.2) is 26.9 Å². The fourth-order valence-corrected chi connectivity index (χ4v) is 1.57. The smallest absolute Gasteiger partial charge is 0.144 e. The van der Waals surface area contributed by atoms with Crippen LogP contribution in [0.5, 0.6) is 5.75 Å². The van der Waals surface area contributed by atoms with Crippen LogP contribution in [0.15, 0.2) is 18.2 Å². The molecule has 0 amide bonds. The number of methoxy groups -OCH3 is 1. The van der Waals surface area contributed by atoms with Crippen LogP contribution in [0.3, 0.4) is 0 Å². The molecule has 3 N–H and O–H groups in total. The number of hydrogen-bond acceptors (Lipinski definition) is 4. The zero-order chi connectivity index (χ0) is 12.5. The lowest BCUT2D eigenvalue weighted by Gasteiger charge is -2.12. The van der Waals surface area contributed by atoms with Gasteiger partial charge in [0.15, 0.2) is 0 Å². The first-order valence-electron chi connectivity index (χ1n) is 6.03. The Morgan fingerprint density at radius 2 is 2.12 bits per heavy atom. The lowest BCUT2D eigenvalue weighted by Crippen LogP contribution is -2.06. The molecule has 1 rings (SSSR count). The minimum Gasteiger partial charge on any atom is -0.492 e. The maximum absolute atomic E-state index is 6.00. The Balaban J connectivity index is 2.44. The highest BCUT2D eigenvalue weighted by Gasteiger charge is 2.04. The van der Waals surface area contributed by atoms with E-state index in [0.717, 1.165) is 37.4 Å². The van der Waals surface area contributed by atoms with Crippen LogP contribution in [0.1, 0.15) is 19.8 Å². The first kappa shape index (κ1) is 13.6. The van der Waals surface area contributed by atoms with Gasteiger partial charge in [-0.25, -0.2) is 0 Å². The Labute approximate surface area is 103 Å². The van der Waals surface area contributed by atoms with Crippen molar-refractivity contribution < 1.29 is 9.47 Å². The summed E-state index contributed by atoms with van der Waals surface area (Å²) in [4.78, 5) is 0. The van der Waals surface area contributed by atoms with Crippen LogP contribution in [0.2, 0.25) is 0 Å². The van der Waals surface area contributed by atoms with Crippen LogP contribution in [0.4, 0.5) is 11.4 Å². The third-order valence-corrected chi connectivity index (χ3v) is 2.46. The number of hydrogen-bond donors (Lipinski definition) is 2. The number of unbranched alkanes of at least 4 members (excludes halogenated alkanes) is 1. The van der Waals surface area contributed by atoms with Crippen molar-refractivity contribution in [2.24, 2.45) is 0 Å². The average molecular weight is 238 g/mol. The molecule has 4 heteroatoms. The summed E-state index contributed by atoms with van der Waals surface area (Å²) in [5.74, 6) is 0.745. The van der Waals surface area contributed by atoms with Crippen molar-refractivity contribution in [1.82, 2.24) is 0 Å². The Bertz CT molecular complexity index is 329. The molecule has 0 fully saturated rings. The minimum absolute atomic E-state index is 0.626. The SMILES string of the molecule is CCOc1cccc(NCCCCOC)c1N. The highest BCUT2D eigenvalue weighted by atomic mass is 16.5. The van der Waals surface area contributed by atoms with E-state index >= 15 is 0 Å². The van der Waals surface area contributed by atoms with Crippen molar-refractivity contribution in [3.05, 3.63) is 18.2 Å². The molecular formula is C13H22N2O2. The third-order valence-electron chi connectivity index (χ3n) is 2.46. The van der Waals surface area contributed by atoms with Gasteiger partial charge in [-0.05, 0) is 31.9 Å². The van der Waals surface area contributed by atoms with Crippen molar-refractivity contribution >= 4 is 11.4 Å². The molecular weight excluding hydrogens is 216 g/mol. The van der Waals surface area contributed by atoms with Gasteiger partial charge in [-0.1, -0.05) is 6.07 Å². The van der Waals surface area contributed by atoms with Crippen LogP contribution in [0, 0.1) is 0 Å². The van der Waals surface area contributed by atoms with E-state index < -0.39 is 0 Å². The number of para-hydroxylation sites is 1. The molecule has 0 bridgehead atoms. The molecule has 0 aliphatic heterocycles. The van der Waals surface area contributed by atoms with E-state index in [4.69, 9.17) is 15.2 Å². The molecule has 1 aromatic rings. The number of ether oxygens (including phenoxy) is 2. The summed E-state index contributed by atoms with van der Waals surface area (Å²) in [6.45, 7) is 4.27. The van der Waals surface area contributed by atoms with Gasteiger partial charge in [-0.3, -0.25) is 0 Å². The molecule has 1 aromatic carbocycles. The average Bonchev–Trinajstić information content (AvgIpc) is 2.33. The summed E-state index contributed by atoms with van der Waals surface area (Å²) in [6.07, 6.45) is 2.11. The van der Waals surface area contributed by atoms with E-state index in [2.05, 4.69) is 5.32 Å². The van der Waals surface area contributed by atoms with E-state index in [1.54, 1.807) is 7.11 Å². The van der Waals surface area contributed by atoms with Gasteiger partial charge < -0.3 is 20.5 Å².